The van der Waals surface area contributed by atoms with Crippen LogP contribution in [0.25, 0.3) is 0 Å². The van der Waals surface area contributed by atoms with E-state index in [2.05, 4.69) is 22.6 Å². The second-order valence-corrected chi connectivity index (χ2v) is 5.51. The van der Waals surface area contributed by atoms with Gasteiger partial charge in [-0.25, -0.2) is 0 Å². The molecular formula is C15H16INO. The largest absolute Gasteiger partial charge is 0.484 e. The average Bonchev–Trinajstić information content (AvgIpc) is 2.38. The second kappa shape index (κ2) is 6.20. The molecule has 2 rings (SSSR count). The Morgan fingerprint density at radius 1 is 1.00 bits per heavy atom. The Morgan fingerprint density at radius 3 is 2.17 bits per heavy atom. The Hall–Kier alpha value is -1.07. The topological polar surface area (TPSA) is 35.2 Å². The molecule has 2 aromatic carbocycles. The van der Waals surface area contributed by atoms with Gasteiger partial charge in [0.1, 0.15) is 11.9 Å². The van der Waals surface area contributed by atoms with Gasteiger partial charge >= 0.3 is 0 Å². The van der Waals surface area contributed by atoms with Crippen LogP contribution in [0.5, 0.6) is 5.75 Å². The molecule has 0 aliphatic heterocycles. The quantitative estimate of drug-likeness (QED) is 0.850. The molecule has 0 radical (unpaired) electrons. The van der Waals surface area contributed by atoms with Crippen LogP contribution in [-0.2, 0) is 0 Å². The summed E-state index contributed by atoms with van der Waals surface area (Å²) in [5, 5.41) is 0. The summed E-state index contributed by atoms with van der Waals surface area (Å²) in [7, 11) is 0. The second-order valence-electron chi connectivity index (χ2n) is 4.26. The molecule has 0 bridgehead atoms. The van der Waals surface area contributed by atoms with E-state index in [0.29, 0.717) is 0 Å². The highest BCUT2D eigenvalue weighted by atomic mass is 127. The van der Waals surface area contributed by atoms with E-state index < -0.39 is 0 Å². The third-order valence-electron chi connectivity index (χ3n) is 2.68. The van der Waals surface area contributed by atoms with E-state index in [1.54, 1.807) is 0 Å². The normalized spacial score (nSPS) is 13.9. The first kappa shape index (κ1) is 13.4. The zero-order chi connectivity index (χ0) is 13.0. The van der Waals surface area contributed by atoms with E-state index >= 15 is 0 Å². The van der Waals surface area contributed by atoms with Gasteiger partial charge in [0.15, 0.2) is 0 Å². The summed E-state index contributed by atoms with van der Waals surface area (Å²) in [6.45, 7) is 1.96. The van der Waals surface area contributed by atoms with Crippen LogP contribution in [0, 0.1) is 3.57 Å². The van der Waals surface area contributed by atoms with Crippen LogP contribution in [0.2, 0.25) is 0 Å². The molecule has 0 saturated heterocycles. The van der Waals surface area contributed by atoms with Crippen LogP contribution in [-0.4, -0.2) is 6.04 Å². The smallest absolute Gasteiger partial charge is 0.138 e. The van der Waals surface area contributed by atoms with E-state index in [1.807, 2.05) is 61.5 Å². The van der Waals surface area contributed by atoms with E-state index in [9.17, 15) is 0 Å². The first-order valence-electron chi connectivity index (χ1n) is 5.89. The average molecular weight is 353 g/mol. The number of hydrogen-bond donors (Lipinski definition) is 1. The summed E-state index contributed by atoms with van der Waals surface area (Å²) in [6.07, 6.45) is -0.119. The van der Waals surface area contributed by atoms with Crippen molar-refractivity contribution < 1.29 is 4.74 Å². The Balaban J connectivity index is 2.19. The lowest BCUT2D eigenvalue weighted by atomic mass is 10.0. The first-order valence-corrected chi connectivity index (χ1v) is 6.97. The van der Waals surface area contributed by atoms with Gasteiger partial charge in [-0.15, -0.1) is 0 Å². The van der Waals surface area contributed by atoms with Crippen molar-refractivity contribution in [3.8, 4) is 5.75 Å². The number of nitrogens with two attached hydrogens (primary N) is 1. The lowest BCUT2D eigenvalue weighted by Gasteiger charge is -2.23. The molecule has 0 fully saturated rings. The molecule has 0 amide bonds. The number of hydrogen-bond acceptors (Lipinski definition) is 2. The highest BCUT2D eigenvalue weighted by Crippen LogP contribution is 2.24. The number of rotatable bonds is 4. The number of benzene rings is 2. The summed E-state index contributed by atoms with van der Waals surface area (Å²) < 4.78 is 7.18. The van der Waals surface area contributed by atoms with Crippen molar-refractivity contribution in [1.29, 1.82) is 0 Å². The summed E-state index contributed by atoms with van der Waals surface area (Å²) in [6, 6.07) is 18.0. The molecule has 0 heterocycles. The fraction of sp³-hybridized carbons (Fsp3) is 0.200. The minimum atomic E-state index is -0.119. The summed E-state index contributed by atoms with van der Waals surface area (Å²) in [5.74, 6) is 0.849. The predicted octanol–water partition coefficient (Wildman–Crippen LogP) is 3.76. The van der Waals surface area contributed by atoms with E-state index in [0.717, 1.165) is 11.3 Å². The van der Waals surface area contributed by atoms with Crippen molar-refractivity contribution >= 4 is 22.6 Å². The maximum atomic E-state index is 6.02. The minimum Gasteiger partial charge on any atom is -0.484 e. The molecule has 2 unspecified atom stereocenters. The highest BCUT2D eigenvalue weighted by Gasteiger charge is 2.17. The summed E-state index contributed by atoms with van der Waals surface area (Å²) >= 11 is 2.27. The molecule has 0 spiro atoms. The van der Waals surface area contributed by atoms with Gasteiger partial charge in [0, 0.05) is 9.61 Å². The van der Waals surface area contributed by atoms with Gasteiger partial charge in [0.05, 0.1) is 0 Å². The molecule has 0 saturated carbocycles. The maximum absolute atomic E-state index is 6.02. The van der Waals surface area contributed by atoms with Gasteiger partial charge in [-0.1, -0.05) is 30.3 Å². The van der Waals surface area contributed by atoms with Gasteiger partial charge in [-0.2, -0.15) is 0 Å². The van der Waals surface area contributed by atoms with Gasteiger partial charge < -0.3 is 10.5 Å². The van der Waals surface area contributed by atoms with Gasteiger partial charge in [-0.05, 0) is 59.3 Å². The van der Waals surface area contributed by atoms with Crippen molar-refractivity contribution in [2.45, 2.75) is 19.1 Å². The highest BCUT2D eigenvalue weighted by molar-refractivity contribution is 14.1. The zero-order valence-electron chi connectivity index (χ0n) is 10.2. The lowest BCUT2D eigenvalue weighted by molar-refractivity contribution is 0.180. The monoisotopic (exact) mass is 353 g/mol. The predicted molar refractivity (Wildman–Crippen MR) is 82.6 cm³/mol. The molecule has 2 nitrogen and oxygen atoms in total. The van der Waals surface area contributed by atoms with Gasteiger partial charge in [0.2, 0.25) is 0 Å². The van der Waals surface area contributed by atoms with Crippen LogP contribution < -0.4 is 10.5 Å². The molecule has 0 aliphatic rings. The van der Waals surface area contributed by atoms with Crippen molar-refractivity contribution in [1.82, 2.24) is 0 Å². The van der Waals surface area contributed by atoms with Crippen LogP contribution in [0.15, 0.2) is 54.6 Å². The number of ether oxygens (including phenoxy) is 1. The fourth-order valence-corrected chi connectivity index (χ4v) is 2.14. The van der Waals surface area contributed by atoms with Crippen LogP contribution in [0.4, 0.5) is 0 Å². The first-order chi connectivity index (χ1) is 8.66. The van der Waals surface area contributed by atoms with E-state index in [-0.39, 0.29) is 12.1 Å². The molecular weight excluding hydrogens is 337 g/mol. The van der Waals surface area contributed by atoms with Gasteiger partial charge in [-0.3, -0.25) is 0 Å². The maximum Gasteiger partial charge on any atom is 0.138 e. The van der Waals surface area contributed by atoms with E-state index in [4.69, 9.17) is 10.5 Å². The molecule has 2 atom stereocenters. The standard InChI is InChI=1S/C15H16INO/c1-11(17)15(12-5-3-2-4-6-12)18-14-9-7-13(16)8-10-14/h2-11,15H,17H2,1H3. The number of halogens is 1. The van der Waals surface area contributed by atoms with Gasteiger partial charge in [0.25, 0.3) is 0 Å². The Morgan fingerprint density at radius 2 is 1.61 bits per heavy atom. The molecule has 3 heteroatoms. The molecule has 2 N–H and O–H groups in total. The van der Waals surface area contributed by atoms with Crippen LogP contribution in [0.1, 0.15) is 18.6 Å². The Labute approximate surface area is 121 Å². The molecule has 94 valence electrons. The Bertz CT molecular complexity index is 482. The van der Waals surface area contributed by atoms with Crippen molar-refractivity contribution in [3.05, 3.63) is 63.7 Å². The SMILES string of the molecule is CC(N)C(Oc1ccc(I)cc1)c1ccccc1. The third kappa shape index (κ3) is 3.46. The van der Waals surface area contributed by atoms with Crippen LogP contribution >= 0.6 is 22.6 Å². The molecule has 2 aromatic rings. The zero-order valence-corrected chi connectivity index (χ0v) is 12.4. The third-order valence-corrected chi connectivity index (χ3v) is 3.40. The summed E-state index contributed by atoms with van der Waals surface area (Å²) in [4.78, 5) is 0. The molecule has 0 aliphatic carbocycles. The van der Waals surface area contributed by atoms with Crippen molar-refractivity contribution in [2.24, 2.45) is 5.73 Å². The molecule has 0 aromatic heterocycles. The van der Waals surface area contributed by atoms with E-state index in [1.165, 1.54) is 3.57 Å². The fourth-order valence-electron chi connectivity index (χ4n) is 1.78. The Kier molecular flexibility index (Phi) is 4.60. The summed E-state index contributed by atoms with van der Waals surface area (Å²) in [5.41, 5.74) is 7.12. The van der Waals surface area contributed by atoms with Crippen molar-refractivity contribution in [2.75, 3.05) is 0 Å². The van der Waals surface area contributed by atoms with Crippen LogP contribution in [0.3, 0.4) is 0 Å². The van der Waals surface area contributed by atoms with Crippen molar-refractivity contribution in [3.63, 3.8) is 0 Å². The lowest BCUT2D eigenvalue weighted by Crippen LogP contribution is -2.29. The molecule has 18 heavy (non-hydrogen) atoms. The minimum absolute atomic E-state index is 0.0633.